The number of carboxylic acids is 1. The zero-order valence-corrected chi connectivity index (χ0v) is 12.9. The number of rotatable bonds is 2. The highest BCUT2D eigenvalue weighted by Gasteiger charge is 2.48. The largest absolute Gasteiger partial charge is 0.479 e. The Morgan fingerprint density at radius 2 is 1.95 bits per heavy atom. The van der Waals surface area contributed by atoms with Gasteiger partial charge in [0.1, 0.15) is 5.60 Å². The van der Waals surface area contributed by atoms with E-state index in [0.717, 1.165) is 10.5 Å². The zero-order chi connectivity index (χ0) is 15.7. The Morgan fingerprint density at radius 3 is 2.35 bits per heavy atom. The van der Waals surface area contributed by atoms with E-state index in [1.165, 1.54) is 7.05 Å². The summed E-state index contributed by atoms with van der Waals surface area (Å²) < 4.78 is 5.27. The maximum atomic E-state index is 12.2. The van der Waals surface area contributed by atoms with Crippen LogP contribution in [0.3, 0.4) is 0 Å². The van der Waals surface area contributed by atoms with Crippen molar-refractivity contribution in [2.75, 3.05) is 7.05 Å². The van der Waals surface area contributed by atoms with Gasteiger partial charge in [0.2, 0.25) is 0 Å². The first-order chi connectivity index (χ1) is 9.00. The maximum absolute atomic E-state index is 12.2. The molecule has 1 rings (SSSR count). The monoisotopic (exact) mass is 281 g/mol. The van der Waals surface area contributed by atoms with Gasteiger partial charge in [-0.05, 0) is 33.8 Å². The lowest BCUT2D eigenvalue weighted by Gasteiger charge is -2.41. The highest BCUT2D eigenvalue weighted by Crippen LogP contribution is 2.33. The third-order valence-corrected chi connectivity index (χ3v) is 3.37. The minimum Gasteiger partial charge on any atom is -0.479 e. The molecular weight excluding hydrogens is 258 g/mol. The van der Waals surface area contributed by atoms with Gasteiger partial charge in [0.15, 0.2) is 5.54 Å². The summed E-state index contributed by atoms with van der Waals surface area (Å²) in [4.78, 5) is 25.1. The van der Waals surface area contributed by atoms with Crippen molar-refractivity contribution in [3.8, 4) is 0 Å². The molecule has 1 aliphatic rings. The first-order valence-corrected chi connectivity index (χ1v) is 6.58. The predicted molar refractivity (Wildman–Crippen MR) is 76.4 cm³/mol. The van der Waals surface area contributed by atoms with Gasteiger partial charge in [-0.15, -0.1) is 0 Å². The lowest BCUT2D eigenvalue weighted by Crippen LogP contribution is -2.59. The Balaban J connectivity index is 3.13. The van der Waals surface area contributed by atoms with E-state index < -0.39 is 23.2 Å². The highest BCUT2D eigenvalue weighted by molar-refractivity contribution is 5.88. The molecule has 112 valence electrons. The Kier molecular flexibility index (Phi) is 4.32. The second-order valence-corrected chi connectivity index (χ2v) is 6.20. The molecule has 0 aliphatic heterocycles. The van der Waals surface area contributed by atoms with Crippen molar-refractivity contribution in [3.63, 3.8) is 0 Å². The van der Waals surface area contributed by atoms with Gasteiger partial charge in [0.05, 0.1) is 0 Å². The Hall–Kier alpha value is -1.78. The summed E-state index contributed by atoms with van der Waals surface area (Å²) in [6, 6.07) is 0. The van der Waals surface area contributed by atoms with Crippen LogP contribution < -0.4 is 0 Å². The molecule has 5 heteroatoms. The van der Waals surface area contributed by atoms with Crippen LogP contribution in [0, 0.1) is 5.92 Å². The molecule has 1 aliphatic carbocycles. The van der Waals surface area contributed by atoms with Crippen molar-refractivity contribution < 1.29 is 19.4 Å². The summed E-state index contributed by atoms with van der Waals surface area (Å²) in [5.74, 6) is -1.42. The number of allylic oxidation sites excluding steroid dienone is 2. The number of aliphatic carboxylic acids is 1. The van der Waals surface area contributed by atoms with Gasteiger partial charge in [-0.25, -0.2) is 9.59 Å². The molecule has 1 N–H and O–H groups in total. The van der Waals surface area contributed by atoms with E-state index in [2.05, 4.69) is 0 Å². The van der Waals surface area contributed by atoms with Crippen LogP contribution in [0.25, 0.3) is 0 Å². The molecule has 0 aromatic heterocycles. The molecular formula is C15H23NO4. The SMILES string of the molecule is CC1=CC(C)C(C(=O)O)(N(C)C(=O)OC(C)(C)C)C=C1. The van der Waals surface area contributed by atoms with Gasteiger partial charge >= 0.3 is 12.1 Å². The number of carbonyl (C=O) groups is 2. The number of hydrogen-bond acceptors (Lipinski definition) is 3. The molecule has 1 amide bonds. The second kappa shape index (κ2) is 5.31. The van der Waals surface area contributed by atoms with Gasteiger partial charge in [0.25, 0.3) is 0 Å². The van der Waals surface area contributed by atoms with Crippen LogP contribution in [-0.2, 0) is 9.53 Å². The third kappa shape index (κ3) is 3.03. The first-order valence-electron chi connectivity index (χ1n) is 6.58. The quantitative estimate of drug-likeness (QED) is 0.845. The van der Waals surface area contributed by atoms with Crippen molar-refractivity contribution in [2.45, 2.75) is 45.8 Å². The van der Waals surface area contributed by atoms with Crippen molar-refractivity contribution in [1.82, 2.24) is 4.90 Å². The van der Waals surface area contributed by atoms with Crippen LogP contribution in [0.5, 0.6) is 0 Å². The fourth-order valence-corrected chi connectivity index (χ4v) is 2.30. The lowest BCUT2D eigenvalue weighted by molar-refractivity contribution is -0.149. The third-order valence-electron chi connectivity index (χ3n) is 3.37. The molecule has 0 fully saturated rings. The average Bonchev–Trinajstić information content (AvgIpc) is 2.25. The molecule has 20 heavy (non-hydrogen) atoms. The molecule has 0 aromatic carbocycles. The number of amides is 1. The van der Waals surface area contributed by atoms with Crippen LogP contribution in [0.1, 0.15) is 34.6 Å². The number of carbonyl (C=O) groups excluding carboxylic acids is 1. The van der Waals surface area contributed by atoms with Crippen LogP contribution in [0.15, 0.2) is 23.8 Å². The van der Waals surface area contributed by atoms with Gasteiger partial charge in [0, 0.05) is 13.0 Å². The number of carboxylic acid groups (broad SMARTS) is 1. The number of nitrogens with zero attached hydrogens (tertiary/aromatic N) is 1. The zero-order valence-electron chi connectivity index (χ0n) is 12.9. The predicted octanol–water partition coefficient (Wildman–Crippen LogP) is 2.83. The Labute approximate surface area is 119 Å². The molecule has 0 saturated heterocycles. The standard InChI is InChI=1S/C15H23NO4/c1-10-7-8-15(12(17)18,11(2)9-10)16(6)13(19)20-14(3,4)5/h7-9,11H,1-6H3,(H,17,18). The second-order valence-electron chi connectivity index (χ2n) is 6.20. The van der Waals surface area contributed by atoms with E-state index in [-0.39, 0.29) is 5.92 Å². The van der Waals surface area contributed by atoms with Crippen molar-refractivity contribution in [2.24, 2.45) is 5.92 Å². The van der Waals surface area contributed by atoms with E-state index in [0.29, 0.717) is 0 Å². The summed E-state index contributed by atoms with van der Waals surface area (Å²) in [5, 5.41) is 9.63. The number of ether oxygens (including phenoxy) is 1. The summed E-state index contributed by atoms with van der Waals surface area (Å²) in [7, 11) is 1.46. The average molecular weight is 281 g/mol. The molecule has 2 atom stereocenters. The van der Waals surface area contributed by atoms with Crippen molar-refractivity contribution >= 4 is 12.1 Å². The Bertz CT molecular complexity index is 473. The molecule has 0 spiro atoms. The lowest BCUT2D eigenvalue weighted by atomic mass is 9.79. The van der Waals surface area contributed by atoms with E-state index >= 15 is 0 Å². The van der Waals surface area contributed by atoms with E-state index in [4.69, 9.17) is 4.74 Å². The summed E-state index contributed by atoms with van der Waals surface area (Å²) in [6.07, 6.45) is 4.47. The van der Waals surface area contributed by atoms with Crippen LogP contribution in [0.2, 0.25) is 0 Å². The maximum Gasteiger partial charge on any atom is 0.411 e. The minimum absolute atomic E-state index is 0.345. The molecule has 0 saturated carbocycles. The first kappa shape index (κ1) is 16.3. The van der Waals surface area contributed by atoms with E-state index in [9.17, 15) is 14.7 Å². The molecule has 0 heterocycles. The van der Waals surface area contributed by atoms with Gasteiger partial charge in [-0.2, -0.15) is 0 Å². The molecule has 5 nitrogen and oxygen atoms in total. The Morgan fingerprint density at radius 1 is 1.40 bits per heavy atom. The van der Waals surface area contributed by atoms with Gasteiger partial charge < -0.3 is 9.84 Å². The normalized spacial score (nSPS) is 25.9. The fraction of sp³-hybridized carbons (Fsp3) is 0.600. The molecule has 2 unspecified atom stereocenters. The smallest absolute Gasteiger partial charge is 0.411 e. The minimum atomic E-state index is -1.41. The van der Waals surface area contributed by atoms with Crippen LogP contribution in [-0.4, -0.2) is 40.3 Å². The molecule has 0 aromatic rings. The van der Waals surface area contributed by atoms with Crippen LogP contribution in [0.4, 0.5) is 4.79 Å². The molecule has 0 bridgehead atoms. The highest BCUT2D eigenvalue weighted by atomic mass is 16.6. The van der Waals surface area contributed by atoms with Crippen LogP contribution >= 0.6 is 0 Å². The van der Waals surface area contributed by atoms with Gasteiger partial charge in [-0.1, -0.05) is 24.6 Å². The fourth-order valence-electron chi connectivity index (χ4n) is 2.30. The number of likely N-dealkylation sites (N-methyl/N-ethyl adjacent to an activating group) is 1. The van der Waals surface area contributed by atoms with Crippen molar-refractivity contribution in [1.29, 1.82) is 0 Å². The number of hydrogen-bond donors (Lipinski definition) is 1. The van der Waals surface area contributed by atoms with Crippen molar-refractivity contribution in [3.05, 3.63) is 23.8 Å². The van der Waals surface area contributed by atoms with Gasteiger partial charge in [-0.3, -0.25) is 4.90 Å². The summed E-state index contributed by atoms with van der Waals surface area (Å²) >= 11 is 0. The summed E-state index contributed by atoms with van der Waals surface area (Å²) in [6.45, 7) is 8.91. The topological polar surface area (TPSA) is 66.8 Å². The molecule has 0 radical (unpaired) electrons. The summed E-state index contributed by atoms with van der Waals surface area (Å²) in [5.41, 5.74) is -1.10. The van der Waals surface area contributed by atoms with E-state index in [1.807, 2.05) is 13.0 Å². The van der Waals surface area contributed by atoms with E-state index in [1.54, 1.807) is 39.8 Å².